The lowest BCUT2D eigenvalue weighted by atomic mass is 10.3. The molecule has 1 heterocycles. The summed E-state index contributed by atoms with van der Waals surface area (Å²) in [5, 5.41) is 2.64. The number of carbonyl (C=O) groups is 1. The zero-order valence-electron chi connectivity index (χ0n) is 8.64. The molecular weight excluding hydrogens is 453 g/mol. The molecule has 18 heavy (non-hydrogen) atoms. The van der Waals surface area contributed by atoms with E-state index in [2.05, 4.69) is 53.1 Å². The Kier molecular flexibility index (Phi) is 4.58. The van der Waals surface area contributed by atoms with Gasteiger partial charge in [0.15, 0.2) is 0 Å². The van der Waals surface area contributed by atoms with Gasteiger partial charge in [0.05, 0.1) is 13.1 Å². The molecule has 0 aliphatic rings. The first-order chi connectivity index (χ1) is 8.47. The van der Waals surface area contributed by atoms with Crippen molar-refractivity contribution >= 4 is 70.7 Å². The maximum absolute atomic E-state index is 13.3. The van der Waals surface area contributed by atoms with Crippen LogP contribution in [0.15, 0.2) is 37.0 Å². The highest BCUT2D eigenvalue weighted by Gasteiger charge is 2.12. The third-order valence-corrected chi connectivity index (χ3v) is 5.94. The van der Waals surface area contributed by atoms with Gasteiger partial charge in [0.1, 0.15) is 5.82 Å². The third-order valence-electron chi connectivity index (χ3n) is 2.05. The summed E-state index contributed by atoms with van der Waals surface area (Å²) >= 11 is 11.0. The van der Waals surface area contributed by atoms with Crippen LogP contribution in [0.25, 0.3) is 0 Å². The number of nitrogens with one attached hydrogen (secondary N) is 1. The first-order valence-electron chi connectivity index (χ1n) is 4.68. The second-order valence-electron chi connectivity index (χ2n) is 3.32. The fourth-order valence-electron chi connectivity index (χ4n) is 1.23. The fraction of sp³-hybridized carbons (Fsp3) is 0. The van der Waals surface area contributed by atoms with Crippen LogP contribution in [0.1, 0.15) is 9.67 Å². The largest absolute Gasteiger partial charge is 0.321 e. The number of carbonyl (C=O) groups excluding carboxylic acids is 1. The van der Waals surface area contributed by atoms with Gasteiger partial charge in [0.2, 0.25) is 0 Å². The summed E-state index contributed by atoms with van der Waals surface area (Å²) in [4.78, 5) is 12.4. The van der Waals surface area contributed by atoms with Gasteiger partial charge in [-0.3, -0.25) is 4.79 Å². The molecule has 1 N–H and O–H groups in total. The lowest BCUT2D eigenvalue weighted by Gasteiger charge is -2.04. The highest BCUT2D eigenvalue weighted by atomic mass is 79.9. The molecule has 0 bridgehead atoms. The van der Waals surface area contributed by atoms with E-state index in [-0.39, 0.29) is 5.91 Å². The topological polar surface area (TPSA) is 29.1 Å². The van der Waals surface area contributed by atoms with Crippen LogP contribution in [0.5, 0.6) is 0 Å². The molecule has 0 atom stereocenters. The number of amides is 1. The summed E-state index contributed by atoms with van der Waals surface area (Å²) in [6.45, 7) is 0. The van der Waals surface area contributed by atoms with E-state index in [4.69, 9.17) is 0 Å². The Balaban J connectivity index is 2.18. The van der Waals surface area contributed by atoms with E-state index in [0.29, 0.717) is 15.0 Å². The molecule has 2 aromatic rings. The monoisotopic (exact) mass is 455 g/mol. The Hall–Kier alpha value is -0.240. The van der Waals surface area contributed by atoms with Crippen LogP contribution in [-0.2, 0) is 0 Å². The minimum Gasteiger partial charge on any atom is -0.321 e. The third kappa shape index (κ3) is 3.20. The van der Waals surface area contributed by atoms with E-state index in [1.54, 1.807) is 18.2 Å². The number of hydrogen-bond acceptors (Lipinski definition) is 2. The molecule has 0 radical (unpaired) electrons. The Morgan fingerprint density at radius 3 is 2.44 bits per heavy atom. The average Bonchev–Trinajstić information content (AvgIpc) is 2.65. The lowest BCUT2D eigenvalue weighted by molar-refractivity contribution is 0.103. The standard InChI is InChI=1S/C11H5Br3FNOS/c12-6-2-1-5(3-8(6)15)16-11(17)9-4-7(13)10(14)18-9/h1-4H,(H,16,17). The number of anilines is 1. The molecular formula is C11H5Br3FNOS. The predicted molar refractivity (Wildman–Crippen MR) is 81.8 cm³/mol. The van der Waals surface area contributed by atoms with E-state index in [0.717, 1.165) is 8.26 Å². The smallest absolute Gasteiger partial charge is 0.265 e. The van der Waals surface area contributed by atoms with Crippen molar-refractivity contribution in [2.24, 2.45) is 0 Å². The molecule has 0 aliphatic heterocycles. The van der Waals surface area contributed by atoms with Gasteiger partial charge < -0.3 is 5.32 Å². The second-order valence-corrected chi connectivity index (χ2v) is 7.39. The van der Waals surface area contributed by atoms with Crippen LogP contribution >= 0.6 is 59.1 Å². The molecule has 7 heteroatoms. The Morgan fingerprint density at radius 2 is 1.89 bits per heavy atom. The van der Waals surface area contributed by atoms with Gasteiger partial charge in [-0.05, 0) is 72.1 Å². The van der Waals surface area contributed by atoms with Gasteiger partial charge >= 0.3 is 0 Å². The number of hydrogen-bond donors (Lipinski definition) is 1. The van der Waals surface area contributed by atoms with Crippen molar-refractivity contribution in [3.63, 3.8) is 0 Å². The normalized spacial score (nSPS) is 10.4. The summed E-state index contributed by atoms with van der Waals surface area (Å²) < 4.78 is 15.3. The van der Waals surface area contributed by atoms with Crippen LogP contribution in [0, 0.1) is 5.82 Å². The Bertz CT molecular complexity index is 595. The lowest BCUT2D eigenvalue weighted by Crippen LogP contribution is -2.10. The van der Waals surface area contributed by atoms with Crippen LogP contribution in [0.3, 0.4) is 0 Å². The van der Waals surface area contributed by atoms with E-state index in [9.17, 15) is 9.18 Å². The van der Waals surface area contributed by atoms with Gasteiger partial charge in [-0.15, -0.1) is 11.3 Å². The first kappa shape index (κ1) is 14.2. The molecule has 0 spiro atoms. The highest BCUT2D eigenvalue weighted by Crippen LogP contribution is 2.32. The zero-order valence-corrected chi connectivity index (χ0v) is 14.2. The summed E-state index contributed by atoms with van der Waals surface area (Å²) in [6.07, 6.45) is 0. The Labute approximate surface area is 132 Å². The molecule has 0 unspecified atom stereocenters. The molecule has 2 nitrogen and oxygen atoms in total. The summed E-state index contributed by atoms with van der Waals surface area (Å²) in [5.74, 6) is -0.686. The highest BCUT2D eigenvalue weighted by molar-refractivity contribution is 9.13. The van der Waals surface area contributed by atoms with Crippen molar-refractivity contribution in [1.29, 1.82) is 0 Å². The number of rotatable bonds is 2. The molecule has 1 aromatic carbocycles. The van der Waals surface area contributed by atoms with Gasteiger partial charge in [-0.1, -0.05) is 0 Å². The Morgan fingerprint density at radius 1 is 1.17 bits per heavy atom. The van der Waals surface area contributed by atoms with Gasteiger partial charge in [0, 0.05) is 10.2 Å². The van der Waals surface area contributed by atoms with Crippen molar-refractivity contribution < 1.29 is 9.18 Å². The molecule has 1 aromatic heterocycles. The van der Waals surface area contributed by atoms with E-state index < -0.39 is 5.82 Å². The molecule has 1 amide bonds. The van der Waals surface area contributed by atoms with Crippen molar-refractivity contribution in [2.75, 3.05) is 5.32 Å². The van der Waals surface area contributed by atoms with Crippen LogP contribution in [0.4, 0.5) is 10.1 Å². The average molecular weight is 458 g/mol. The molecule has 0 saturated heterocycles. The fourth-order valence-corrected chi connectivity index (χ4v) is 3.40. The maximum Gasteiger partial charge on any atom is 0.265 e. The van der Waals surface area contributed by atoms with Crippen LogP contribution < -0.4 is 5.32 Å². The molecule has 0 aliphatic carbocycles. The second kappa shape index (κ2) is 5.81. The van der Waals surface area contributed by atoms with Crippen molar-refractivity contribution in [1.82, 2.24) is 0 Å². The minimum absolute atomic E-state index is 0.270. The number of benzene rings is 1. The molecule has 2 rings (SSSR count). The zero-order chi connectivity index (χ0) is 13.3. The first-order valence-corrected chi connectivity index (χ1v) is 7.88. The van der Waals surface area contributed by atoms with Crippen molar-refractivity contribution in [2.45, 2.75) is 0 Å². The van der Waals surface area contributed by atoms with E-state index in [1.165, 1.54) is 17.4 Å². The quantitative estimate of drug-likeness (QED) is 0.640. The number of thiophene rings is 1. The van der Waals surface area contributed by atoms with Gasteiger partial charge in [-0.25, -0.2) is 4.39 Å². The van der Waals surface area contributed by atoms with E-state index in [1.807, 2.05) is 0 Å². The predicted octanol–water partition coefficient (Wildman–Crippen LogP) is 5.43. The minimum atomic E-state index is -0.415. The molecule has 94 valence electrons. The van der Waals surface area contributed by atoms with Crippen molar-refractivity contribution in [3.05, 3.63) is 47.7 Å². The van der Waals surface area contributed by atoms with Gasteiger partial charge in [0.25, 0.3) is 5.91 Å². The maximum atomic E-state index is 13.3. The number of halogens is 4. The van der Waals surface area contributed by atoms with Crippen LogP contribution in [-0.4, -0.2) is 5.91 Å². The van der Waals surface area contributed by atoms with Gasteiger partial charge in [-0.2, -0.15) is 0 Å². The van der Waals surface area contributed by atoms with Crippen molar-refractivity contribution in [3.8, 4) is 0 Å². The SMILES string of the molecule is O=C(Nc1ccc(Br)c(F)c1)c1cc(Br)c(Br)s1. The van der Waals surface area contributed by atoms with Crippen LogP contribution in [0.2, 0.25) is 0 Å². The summed E-state index contributed by atoms with van der Waals surface area (Å²) in [6, 6.07) is 6.15. The molecule has 0 saturated carbocycles. The van der Waals surface area contributed by atoms with E-state index >= 15 is 0 Å². The summed E-state index contributed by atoms with van der Waals surface area (Å²) in [7, 11) is 0. The summed E-state index contributed by atoms with van der Waals surface area (Å²) in [5.41, 5.74) is 0.418. The molecule has 0 fully saturated rings.